The number of nitrogens with zero attached hydrogens (tertiary/aromatic N) is 4. The van der Waals surface area contributed by atoms with Gasteiger partial charge in [0.15, 0.2) is 0 Å². The summed E-state index contributed by atoms with van der Waals surface area (Å²) in [5.41, 5.74) is 7.98. The van der Waals surface area contributed by atoms with Gasteiger partial charge in [0.1, 0.15) is 5.71 Å². The van der Waals surface area contributed by atoms with E-state index in [9.17, 15) is 0 Å². The molecule has 0 bridgehead atoms. The van der Waals surface area contributed by atoms with Crippen molar-refractivity contribution in [3.63, 3.8) is 0 Å². The van der Waals surface area contributed by atoms with E-state index in [4.69, 9.17) is 10.1 Å². The number of para-hydroxylation sites is 2. The number of anilines is 2. The number of nitrogens with one attached hydrogen (secondary N) is 1. The van der Waals surface area contributed by atoms with Crippen LogP contribution in [0, 0.1) is 0 Å². The molecule has 1 aliphatic heterocycles. The molecule has 0 saturated heterocycles. The molecule has 1 N–H and O–H groups in total. The van der Waals surface area contributed by atoms with Crippen LogP contribution in [0.3, 0.4) is 0 Å². The van der Waals surface area contributed by atoms with Crippen molar-refractivity contribution in [3.8, 4) is 0 Å². The van der Waals surface area contributed by atoms with Gasteiger partial charge >= 0.3 is 0 Å². The summed E-state index contributed by atoms with van der Waals surface area (Å²) >= 11 is 1.60. The Hall–Kier alpha value is -3.25. The highest BCUT2D eigenvalue weighted by molar-refractivity contribution is 7.22. The minimum Gasteiger partial charge on any atom is -0.275 e. The van der Waals surface area contributed by atoms with Crippen LogP contribution in [0.4, 0.5) is 10.8 Å². The number of thiazole rings is 1. The van der Waals surface area contributed by atoms with Crippen molar-refractivity contribution in [2.24, 2.45) is 5.10 Å². The first-order valence-corrected chi connectivity index (χ1v) is 8.72. The second kappa shape index (κ2) is 5.68. The zero-order chi connectivity index (χ0) is 16.6. The third-order valence-corrected chi connectivity index (χ3v) is 4.99. The topological polar surface area (TPSA) is 53.4 Å². The van der Waals surface area contributed by atoms with Crippen LogP contribution < -0.4 is 10.5 Å². The van der Waals surface area contributed by atoms with Crippen molar-refractivity contribution in [1.82, 2.24) is 9.97 Å². The molecule has 2 aromatic carbocycles. The van der Waals surface area contributed by atoms with Crippen LogP contribution in [-0.2, 0) is 0 Å². The van der Waals surface area contributed by atoms with Crippen LogP contribution in [-0.4, -0.2) is 15.7 Å². The molecule has 0 amide bonds. The lowest BCUT2D eigenvalue weighted by atomic mass is 10.0. The number of pyridine rings is 1. The summed E-state index contributed by atoms with van der Waals surface area (Å²) in [6.45, 7) is 0. The molecule has 5 rings (SSSR count). The molecule has 25 heavy (non-hydrogen) atoms. The lowest BCUT2D eigenvalue weighted by molar-refractivity contribution is 0.964. The molecule has 3 heterocycles. The fraction of sp³-hybridized carbons (Fsp3) is 0. The normalized spacial score (nSPS) is 13.3. The highest BCUT2D eigenvalue weighted by Gasteiger charge is 2.23. The van der Waals surface area contributed by atoms with Gasteiger partial charge in [-0.2, -0.15) is 0 Å². The number of hydrogen-bond acceptors (Lipinski definition) is 6. The lowest BCUT2D eigenvalue weighted by Crippen LogP contribution is -2.31. The smallest absolute Gasteiger partial charge is 0.228 e. The summed E-state index contributed by atoms with van der Waals surface area (Å²) in [5, 5.41) is 7.31. The van der Waals surface area contributed by atoms with E-state index in [2.05, 4.69) is 16.5 Å². The Morgan fingerprint density at radius 3 is 2.60 bits per heavy atom. The Morgan fingerprint density at radius 1 is 0.880 bits per heavy atom. The van der Waals surface area contributed by atoms with E-state index in [0.29, 0.717) is 0 Å². The van der Waals surface area contributed by atoms with Crippen molar-refractivity contribution in [3.05, 3.63) is 84.2 Å². The van der Waals surface area contributed by atoms with Crippen molar-refractivity contribution < 1.29 is 0 Å². The Kier molecular flexibility index (Phi) is 3.21. The fourth-order valence-electron chi connectivity index (χ4n) is 2.81. The van der Waals surface area contributed by atoms with Gasteiger partial charge in [0, 0.05) is 11.8 Å². The maximum Gasteiger partial charge on any atom is 0.228 e. The zero-order valence-electron chi connectivity index (χ0n) is 13.1. The molecule has 0 radical (unpaired) electrons. The third-order valence-electron chi connectivity index (χ3n) is 3.98. The number of benzene rings is 2. The van der Waals surface area contributed by atoms with E-state index in [1.807, 2.05) is 60.7 Å². The van der Waals surface area contributed by atoms with E-state index in [1.54, 1.807) is 22.7 Å². The Balaban J connectivity index is 1.66. The summed E-state index contributed by atoms with van der Waals surface area (Å²) in [4.78, 5) is 9.16. The number of aromatic nitrogens is 2. The SMILES string of the molecule is c1ccc(C2=NN(c3nc4ccccc4s3)Nc3ccccc32)nc1. The Bertz CT molecular complexity index is 1050. The molecule has 120 valence electrons. The van der Waals surface area contributed by atoms with E-state index >= 15 is 0 Å². The first-order chi connectivity index (χ1) is 12.4. The van der Waals surface area contributed by atoms with Gasteiger partial charge in [-0.05, 0) is 30.3 Å². The lowest BCUT2D eigenvalue weighted by Gasteiger charge is -2.26. The minimum atomic E-state index is 0.795. The summed E-state index contributed by atoms with van der Waals surface area (Å²) in [6, 6.07) is 22.0. The van der Waals surface area contributed by atoms with Crippen molar-refractivity contribution in [2.45, 2.75) is 0 Å². The molecule has 0 saturated carbocycles. The number of fused-ring (bicyclic) bond motifs is 2. The standard InChI is InChI=1S/C19H13N5S/c1-2-8-14-13(7-1)18(16-10-5-6-12-20-16)23-24(22-14)19-21-15-9-3-4-11-17(15)25-19/h1-12,22H. The summed E-state index contributed by atoms with van der Waals surface area (Å²) in [7, 11) is 0. The zero-order valence-corrected chi connectivity index (χ0v) is 13.9. The number of hydrazine groups is 1. The molecule has 0 fully saturated rings. The van der Waals surface area contributed by atoms with Crippen LogP contribution in [0.25, 0.3) is 10.2 Å². The molecule has 4 aromatic rings. The van der Waals surface area contributed by atoms with Crippen molar-refractivity contribution in [1.29, 1.82) is 0 Å². The highest BCUT2D eigenvalue weighted by atomic mass is 32.1. The van der Waals surface area contributed by atoms with Crippen LogP contribution >= 0.6 is 11.3 Å². The molecular formula is C19H13N5S. The highest BCUT2D eigenvalue weighted by Crippen LogP contribution is 2.32. The minimum absolute atomic E-state index is 0.795. The van der Waals surface area contributed by atoms with Crippen LogP contribution in [0.1, 0.15) is 11.3 Å². The molecule has 0 atom stereocenters. The average molecular weight is 343 g/mol. The van der Waals surface area contributed by atoms with Gasteiger partial charge in [-0.15, -0.1) is 10.2 Å². The fourth-order valence-corrected chi connectivity index (χ4v) is 3.69. The second-order valence-electron chi connectivity index (χ2n) is 5.60. The first kappa shape index (κ1) is 14.1. The van der Waals surface area contributed by atoms with Crippen molar-refractivity contribution in [2.75, 3.05) is 10.5 Å². The largest absolute Gasteiger partial charge is 0.275 e. The van der Waals surface area contributed by atoms with Crippen LogP contribution in [0.2, 0.25) is 0 Å². The molecular weight excluding hydrogens is 330 g/mol. The summed E-state index contributed by atoms with van der Waals surface area (Å²) in [5.74, 6) is 0. The molecule has 5 nitrogen and oxygen atoms in total. The molecule has 1 aliphatic rings. The number of hydrogen-bond donors (Lipinski definition) is 1. The van der Waals surface area contributed by atoms with Gasteiger partial charge in [-0.25, -0.2) is 4.98 Å². The van der Waals surface area contributed by atoms with E-state index < -0.39 is 0 Å². The molecule has 0 unspecified atom stereocenters. The van der Waals surface area contributed by atoms with Crippen LogP contribution in [0.15, 0.2) is 78.0 Å². The van der Waals surface area contributed by atoms with Crippen LogP contribution in [0.5, 0.6) is 0 Å². The molecule has 0 spiro atoms. The molecule has 0 aliphatic carbocycles. The second-order valence-corrected chi connectivity index (χ2v) is 6.61. The van der Waals surface area contributed by atoms with E-state index in [0.717, 1.165) is 38.0 Å². The van der Waals surface area contributed by atoms with E-state index in [-0.39, 0.29) is 0 Å². The number of rotatable bonds is 2. The molecule has 6 heteroatoms. The monoisotopic (exact) mass is 343 g/mol. The summed E-state index contributed by atoms with van der Waals surface area (Å²) in [6.07, 6.45) is 1.78. The van der Waals surface area contributed by atoms with Gasteiger partial charge in [-0.3, -0.25) is 10.4 Å². The predicted octanol–water partition coefficient (Wildman–Crippen LogP) is 4.29. The van der Waals surface area contributed by atoms with Gasteiger partial charge in [0.2, 0.25) is 5.13 Å². The summed E-state index contributed by atoms with van der Waals surface area (Å²) < 4.78 is 1.13. The van der Waals surface area contributed by atoms with Gasteiger partial charge in [-0.1, -0.05) is 47.7 Å². The maximum absolute atomic E-state index is 4.78. The molecule has 2 aromatic heterocycles. The van der Waals surface area contributed by atoms with Gasteiger partial charge in [0.25, 0.3) is 0 Å². The van der Waals surface area contributed by atoms with Gasteiger partial charge < -0.3 is 0 Å². The third kappa shape index (κ3) is 2.43. The quantitative estimate of drug-likeness (QED) is 0.590. The average Bonchev–Trinajstić information content (AvgIpc) is 3.12. The Morgan fingerprint density at radius 2 is 1.72 bits per heavy atom. The maximum atomic E-state index is 4.78. The van der Waals surface area contributed by atoms with Crippen molar-refractivity contribution >= 4 is 38.1 Å². The van der Waals surface area contributed by atoms with Gasteiger partial charge in [0.05, 0.1) is 21.6 Å². The predicted molar refractivity (Wildman–Crippen MR) is 102 cm³/mol. The Labute approximate surface area is 148 Å². The van der Waals surface area contributed by atoms with E-state index in [1.165, 1.54) is 0 Å². The first-order valence-electron chi connectivity index (χ1n) is 7.90. The number of hydrazone groups is 1.